The van der Waals surface area contributed by atoms with Crippen molar-refractivity contribution >= 4 is 11.9 Å². The van der Waals surface area contributed by atoms with Crippen LogP contribution in [0.1, 0.15) is 58.8 Å². The normalized spacial score (nSPS) is 17.7. The molecule has 0 radical (unpaired) electrons. The fraction of sp³-hybridized carbons (Fsp3) is 0.895. The van der Waals surface area contributed by atoms with Gasteiger partial charge in [0.15, 0.2) is 5.96 Å². The highest BCUT2D eigenvalue weighted by Gasteiger charge is 2.25. The summed E-state index contributed by atoms with van der Waals surface area (Å²) in [5.41, 5.74) is 0.315. The van der Waals surface area contributed by atoms with Gasteiger partial charge in [-0.25, -0.2) is 4.99 Å². The van der Waals surface area contributed by atoms with Crippen molar-refractivity contribution in [3.8, 4) is 0 Å². The molecular formula is C19H38N4O2. The molecule has 0 heterocycles. The number of nitrogens with zero attached hydrogens (tertiary/aromatic N) is 2. The van der Waals surface area contributed by atoms with Crippen LogP contribution in [0, 0.1) is 5.41 Å². The van der Waals surface area contributed by atoms with E-state index >= 15 is 0 Å². The summed E-state index contributed by atoms with van der Waals surface area (Å²) < 4.78 is 5.37. The third-order valence-electron chi connectivity index (χ3n) is 4.83. The summed E-state index contributed by atoms with van der Waals surface area (Å²) in [5.74, 6) is 0.744. The summed E-state index contributed by atoms with van der Waals surface area (Å²) >= 11 is 0. The number of carbonyl (C=O) groups excluding carboxylic acids is 1. The van der Waals surface area contributed by atoms with Gasteiger partial charge in [0.1, 0.15) is 6.54 Å². The zero-order chi connectivity index (χ0) is 18.5. The van der Waals surface area contributed by atoms with E-state index in [1.165, 1.54) is 38.5 Å². The summed E-state index contributed by atoms with van der Waals surface area (Å²) in [5, 5.41) is 6.80. The topological polar surface area (TPSA) is 66.0 Å². The van der Waals surface area contributed by atoms with Crippen molar-refractivity contribution in [3.63, 3.8) is 0 Å². The lowest BCUT2D eigenvalue weighted by atomic mass is 9.82. The van der Waals surface area contributed by atoms with Crippen LogP contribution in [0.25, 0.3) is 0 Å². The molecule has 0 unspecified atom stereocenters. The maximum absolute atomic E-state index is 11.8. The largest absolute Gasteiger partial charge is 0.382 e. The molecule has 1 saturated carbocycles. The first kappa shape index (κ1) is 21.7. The average Bonchev–Trinajstić information content (AvgIpc) is 2.81. The van der Waals surface area contributed by atoms with Crippen molar-refractivity contribution in [3.05, 3.63) is 0 Å². The maximum Gasteiger partial charge on any atom is 0.243 e. The van der Waals surface area contributed by atoms with E-state index in [1.807, 2.05) is 6.92 Å². The van der Waals surface area contributed by atoms with Gasteiger partial charge in [0.05, 0.1) is 0 Å². The Morgan fingerprint density at radius 3 is 2.44 bits per heavy atom. The van der Waals surface area contributed by atoms with E-state index in [9.17, 15) is 4.79 Å². The van der Waals surface area contributed by atoms with Gasteiger partial charge in [0.25, 0.3) is 0 Å². The molecular weight excluding hydrogens is 316 g/mol. The molecule has 0 saturated heterocycles. The smallest absolute Gasteiger partial charge is 0.243 e. The first-order chi connectivity index (χ1) is 12.0. The van der Waals surface area contributed by atoms with E-state index in [-0.39, 0.29) is 12.5 Å². The van der Waals surface area contributed by atoms with Crippen LogP contribution in [0.5, 0.6) is 0 Å². The number of likely N-dealkylation sites (N-methyl/N-ethyl adjacent to an activating group) is 1. The predicted octanol–water partition coefficient (Wildman–Crippen LogP) is 2.40. The SMILES string of the molecule is CCOCCCNC(=NCC(=O)N(C)C)NCC1(C)CCCCCC1. The van der Waals surface area contributed by atoms with Crippen LogP contribution < -0.4 is 10.6 Å². The molecule has 0 spiro atoms. The molecule has 1 aliphatic carbocycles. The van der Waals surface area contributed by atoms with E-state index in [2.05, 4.69) is 22.5 Å². The fourth-order valence-electron chi connectivity index (χ4n) is 3.04. The number of guanidine groups is 1. The molecule has 0 aromatic carbocycles. The Balaban J connectivity index is 2.53. The maximum atomic E-state index is 11.8. The third-order valence-corrected chi connectivity index (χ3v) is 4.83. The summed E-state index contributed by atoms with van der Waals surface area (Å²) in [6, 6.07) is 0. The van der Waals surface area contributed by atoms with Crippen molar-refractivity contribution in [1.29, 1.82) is 0 Å². The highest BCUT2D eigenvalue weighted by atomic mass is 16.5. The van der Waals surface area contributed by atoms with Crippen molar-refractivity contribution in [2.45, 2.75) is 58.8 Å². The zero-order valence-electron chi connectivity index (χ0n) is 16.7. The van der Waals surface area contributed by atoms with E-state index < -0.39 is 0 Å². The van der Waals surface area contributed by atoms with Gasteiger partial charge < -0.3 is 20.3 Å². The molecule has 0 aromatic heterocycles. The molecule has 146 valence electrons. The molecule has 0 aliphatic heterocycles. The Labute approximate surface area is 153 Å². The van der Waals surface area contributed by atoms with Gasteiger partial charge in [0.2, 0.25) is 5.91 Å². The fourth-order valence-corrected chi connectivity index (χ4v) is 3.04. The average molecular weight is 355 g/mol. The molecule has 6 nitrogen and oxygen atoms in total. The van der Waals surface area contributed by atoms with Crippen molar-refractivity contribution in [2.75, 3.05) is 46.9 Å². The van der Waals surface area contributed by atoms with Gasteiger partial charge >= 0.3 is 0 Å². The van der Waals surface area contributed by atoms with Gasteiger partial charge in [-0.1, -0.05) is 32.6 Å². The van der Waals surface area contributed by atoms with Crippen LogP contribution in [0.2, 0.25) is 0 Å². The summed E-state index contributed by atoms with van der Waals surface area (Å²) in [6.45, 7) is 7.72. The zero-order valence-corrected chi connectivity index (χ0v) is 16.7. The van der Waals surface area contributed by atoms with Gasteiger partial charge in [0, 0.05) is 40.4 Å². The lowest BCUT2D eigenvalue weighted by Gasteiger charge is -2.29. The number of hydrogen-bond donors (Lipinski definition) is 2. The number of rotatable bonds is 9. The van der Waals surface area contributed by atoms with Crippen LogP contribution in [-0.4, -0.2) is 63.7 Å². The van der Waals surface area contributed by atoms with E-state index in [0.717, 1.165) is 38.7 Å². The molecule has 0 aromatic rings. The van der Waals surface area contributed by atoms with Crippen LogP contribution in [0.4, 0.5) is 0 Å². The molecule has 2 N–H and O–H groups in total. The highest BCUT2D eigenvalue weighted by molar-refractivity contribution is 5.84. The standard InChI is InChI=1S/C19H38N4O2/c1-5-25-14-10-13-20-18(21-15-17(24)23(3)4)22-16-19(2)11-8-6-7-9-12-19/h5-16H2,1-4H3,(H2,20,21,22). The number of aliphatic imine (C=N–C) groups is 1. The summed E-state index contributed by atoms with van der Waals surface area (Å²) in [6.07, 6.45) is 8.76. The van der Waals surface area contributed by atoms with Gasteiger partial charge in [-0.05, 0) is 31.6 Å². The van der Waals surface area contributed by atoms with Crippen LogP contribution in [0.15, 0.2) is 4.99 Å². The van der Waals surface area contributed by atoms with Gasteiger partial charge in [-0.15, -0.1) is 0 Å². The Bertz CT molecular complexity index is 402. The second-order valence-electron chi connectivity index (χ2n) is 7.51. The molecule has 0 atom stereocenters. The molecule has 6 heteroatoms. The first-order valence-electron chi connectivity index (χ1n) is 9.77. The monoisotopic (exact) mass is 354 g/mol. The lowest BCUT2D eigenvalue weighted by molar-refractivity contribution is -0.127. The Morgan fingerprint density at radius 1 is 1.16 bits per heavy atom. The molecule has 1 amide bonds. The number of ether oxygens (including phenoxy) is 1. The molecule has 1 aliphatic rings. The van der Waals surface area contributed by atoms with Gasteiger partial charge in [-0.2, -0.15) is 0 Å². The third kappa shape index (κ3) is 9.68. The second kappa shape index (κ2) is 12.1. The minimum absolute atomic E-state index is 0.0103. The Morgan fingerprint density at radius 2 is 1.84 bits per heavy atom. The van der Waals surface area contributed by atoms with E-state index in [0.29, 0.717) is 5.41 Å². The second-order valence-corrected chi connectivity index (χ2v) is 7.51. The van der Waals surface area contributed by atoms with Crippen LogP contribution >= 0.6 is 0 Å². The molecule has 1 fully saturated rings. The summed E-state index contributed by atoms with van der Waals surface area (Å²) in [4.78, 5) is 17.9. The molecule has 1 rings (SSSR count). The van der Waals surface area contributed by atoms with E-state index in [1.54, 1.807) is 19.0 Å². The quantitative estimate of drug-likeness (QED) is 0.289. The highest BCUT2D eigenvalue weighted by Crippen LogP contribution is 2.33. The van der Waals surface area contributed by atoms with Crippen molar-refractivity contribution in [1.82, 2.24) is 15.5 Å². The predicted molar refractivity (Wildman–Crippen MR) is 104 cm³/mol. The molecule has 0 bridgehead atoms. The first-order valence-corrected chi connectivity index (χ1v) is 9.77. The number of nitrogens with one attached hydrogen (secondary N) is 2. The van der Waals surface area contributed by atoms with E-state index in [4.69, 9.17) is 4.74 Å². The molecule has 25 heavy (non-hydrogen) atoms. The van der Waals surface area contributed by atoms with Gasteiger partial charge in [-0.3, -0.25) is 4.79 Å². The number of hydrogen-bond acceptors (Lipinski definition) is 3. The Kier molecular flexibility index (Phi) is 10.5. The van der Waals surface area contributed by atoms with Crippen LogP contribution in [-0.2, 0) is 9.53 Å². The van der Waals surface area contributed by atoms with Crippen LogP contribution in [0.3, 0.4) is 0 Å². The van der Waals surface area contributed by atoms with Crippen molar-refractivity contribution in [2.24, 2.45) is 10.4 Å². The van der Waals surface area contributed by atoms with Crippen molar-refractivity contribution < 1.29 is 9.53 Å². The minimum Gasteiger partial charge on any atom is -0.382 e. The number of amides is 1. The Hall–Kier alpha value is -1.30. The minimum atomic E-state index is 0.0103. The number of carbonyl (C=O) groups is 1. The summed E-state index contributed by atoms with van der Waals surface area (Å²) in [7, 11) is 3.51. The lowest BCUT2D eigenvalue weighted by Crippen LogP contribution is -2.44.